The van der Waals surface area contributed by atoms with E-state index < -0.39 is 6.09 Å². The molecule has 2 saturated heterocycles. The molecule has 0 aromatic carbocycles. The SMILES string of the molecule is CC(C)[C@H](C=C1SCCCS1)C(=O)N1C(=O)OC[C@@H]1C(C)C. The first-order valence-corrected chi connectivity index (χ1v) is 9.86. The number of cyclic esters (lactones) is 1. The number of thioether (sulfide) groups is 2. The molecule has 0 aliphatic carbocycles. The molecular formula is C16H25NO3S2. The molecule has 0 aromatic rings. The number of nitrogens with zero attached hydrogens (tertiary/aromatic N) is 1. The maximum atomic E-state index is 12.9. The summed E-state index contributed by atoms with van der Waals surface area (Å²) in [5.41, 5.74) is 0. The maximum Gasteiger partial charge on any atom is 0.417 e. The van der Waals surface area contributed by atoms with Crippen LogP contribution in [0.3, 0.4) is 0 Å². The van der Waals surface area contributed by atoms with Crippen LogP contribution in [0.15, 0.2) is 10.3 Å². The van der Waals surface area contributed by atoms with Gasteiger partial charge in [0.25, 0.3) is 0 Å². The molecule has 0 radical (unpaired) electrons. The van der Waals surface area contributed by atoms with Gasteiger partial charge >= 0.3 is 6.09 Å². The quantitative estimate of drug-likeness (QED) is 0.773. The van der Waals surface area contributed by atoms with Crippen molar-refractivity contribution in [1.82, 2.24) is 4.90 Å². The van der Waals surface area contributed by atoms with Crippen LogP contribution in [0.1, 0.15) is 34.1 Å². The molecule has 22 heavy (non-hydrogen) atoms. The van der Waals surface area contributed by atoms with E-state index in [0.717, 1.165) is 11.5 Å². The van der Waals surface area contributed by atoms with Crippen LogP contribution in [0, 0.1) is 17.8 Å². The smallest absolute Gasteiger partial charge is 0.417 e. The van der Waals surface area contributed by atoms with Crippen molar-refractivity contribution in [3.05, 3.63) is 10.3 Å². The van der Waals surface area contributed by atoms with Crippen LogP contribution >= 0.6 is 23.5 Å². The van der Waals surface area contributed by atoms with Crippen molar-refractivity contribution >= 4 is 35.5 Å². The Kier molecular flexibility index (Phi) is 6.26. The zero-order valence-electron chi connectivity index (χ0n) is 13.7. The van der Waals surface area contributed by atoms with Crippen LogP contribution in [-0.2, 0) is 9.53 Å². The zero-order chi connectivity index (χ0) is 16.3. The summed E-state index contributed by atoms with van der Waals surface area (Å²) in [5, 5.41) is 0. The lowest BCUT2D eigenvalue weighted by Crippen LogP contribution is -2.45. The highest BCUT2D eigenvalue weighted by molar-refractivity contribution is 8.22. The molecule has 0 spiro atoms. The van der Waals surface area contributed by atoms with E-state index in [9.17, 15) is 9.59 Å². The van der Waals surface area contributed by atoms with Crippen molar-refractivity contribution in [3.63, 3.8) is 0 Å². The Morgan fingerprint density at radius 3 is 2.45 bits per heavy atom. The van der Waals surface area contributed by atoms with Crippen LogP contribution in [0.5, 0.6) is 0 Å². The summed E-state index contributed by atoms with van der Waals surface area (Å²) in [5.74, 6) is 2.20. The van der Waals surface area contributed by atoms with Crippen molar-refractivity contribution in [2.75, 3.05) is 18.1 Å². The van der Waals surface area contributed by atoms with E-state index in [1.165, 1.54) is 15.6 Å². The van der Waals surface area contributed by atoms with Gasteiger partial charge in [0.15, 0.2) is 0 Å². The minimum atomic E-state index is -0.489. The summed E-state index contributed by atoms with van der Waals surface area (Å²) in [7, 11) is 0. The lowest BCUT2D eigenvalue weighted by molar-refractivity contribution is -0.133. The molecule has 124 valence electrons. The molecule has 2 heterocycles. The van der Waals surface area contributed by atoms with Crippen LogP contribution < -0.4 is 0 Å². The van der Waals surface area contributed by atoms with Gasteiger partial charge in [0, 0.05) is 4.24 Å². The number of amides is 2. The Bertz CT molecular complexity index is 454. The van der Waals surface area contributed by atoms with Crippen molar-refractivity contribution in [2.45, 2.75) is 40.2 Å². The molecule has 4 nitrogen and oxygen atoms in total. The van der Waals surface area contributed by atoms with E-state index in [4.69, 9.17) is 4.74 Å². The molecule has 0 saturated carbocycles. The molecule has 0 unspecified atom stereocenters. The molecule has 2 fully saturated rings. The van der Waals surface area contributed by atoms with E-state index in [-0.39, 0.29) is 29.7 Å². The zero-order valence-corrected chi connectivity index (χ0v) is 15.3. The predicted octanol–water partition coefficient (Wildman–Crippen LogP) is 3.97. The highest BCUT2D eigenvalue weighted by Gasteiger charge is 2.42. The van der Waals surface area contributed by atoms with Crippen LogP contribution in [-0.4, -0.2) is 41.1 Å². The fourth-order valence-electron chi connectivity index (χ4n) is 2.58. The molecule has 6 heteroatoms. The number of hydrogen-bond acceptors (Lipinski definition) is 5. The van der Waals surface area contributed by atoms with Gasteiger partial charge in [-0.15, -0.1) is 23.5 Å². The lowest BCUT2D eigenvalue weighted by Gasteiger charge is -2.28. The lowest BCUT2D eigenvalue weighted by atomic mass is 9.93. The first-order valence-electron chi connectivity index (χ1n) is 7.89. The monoisotopic (exact) mass is 343 g/mol. The number of rotatable bonds is 4. The van der Waals surface area contributed by atoms with Crippen molar-refractivity contribution in [2.24, 2.45) is 17.8 Å². The average molecular weight is 344 g/mol. The Labute approximate surface area is 141 Å². The van der Waals surface area contributed by atoms with Crippen LogP contribution in [0.2, 0.25) is 0 Å². The molecule has 2 rings (SSSR count). The van der Waals surface area contributed by atoms with Crippen molar-refractivity contribution < 1.29 is 14.3 Å². The minimum Gasteiger partial charge on any atom is -0.447 e. The molecular weight excluding hydrogens is 318 g/mol. The highest BCUT2D eigenvalue weighted by Crippen LogP contribution is 2.37. The van der Waals surface area contributed by atoms with Gasteiger partial charge in [0.2, 0.25) is 5.91 Å². The van der Waals surface area contributed by atoms with Gasteiger partial charge in [-0.2, -0.15) is 0 Å². The standard InChI is InChI=1S/C16H25NO3S2/c1-10(2)12(8-14-21-6-5-7-22-14)15(18)17-13(11(3)4)9-20-16(17)19/h8,10-13H,5-7,9H2,1-4H3/t12-,13+/m0/s1. The Morgan fingerprint density at radius 1 is 1.27 bits per heavy atom. The average Bonchev–Trinajstić information content (AvgIpc) is 2.87. The van der Waals surface area contributed by atoms with Crippen molar-refractivity contribution in [1.29, 1.82) is 0 Å². The van der Waals surface area contributed by atoms with Crippen LogP contribution in [0.25, 0.3) is 0 Å². The summed E-state index contributed by atoms with van der Waals surface area (Å²) >= 11 is 3.63. The molecule has 2 aliphatic rings. The second-order valence-electron chi connectivity index (χ2n) is 6.40. The van der Waals surface area contributed by atoms with Gasteiger partial charge in [-0.05, 0) is 29.8 Å². The fourth-order valence-corrected chi connectivity index (χ4v) is 5.06. The number of imide groups is 1. The minimum absolute atomic E-state index is 0.115. The molecule has 2 atom stereocenters. The summed E-state index contributed by atoms with van der Waals surface area (Å²) < 4.78 is 6.33. The van der Waals surface area contributed by atoms with Crippen molar-refractivity contribution in [3.8, 4) is 0 Å². The third kappa shape index (κ3) is 4.02. The van der Waals surface area contributed by atoms with Gasteiger partial charge in [-0.1, -0.05) is 33.8 Å². The number of carbonyl (C=O) groups is 2. The summed E-state index contributed by atoms with van der Waals surface area (Å²) in [6, 6.07) is -0.147. The van der Waals surface area contributed by atoms with E-state index in [1.54, 1.807) is 0 Å². The topological polar surface area (TPSA) is 46.6 Å². The Morgan fingerprint density at radius 2 is 1.91 bits per heavy atom. The van der Waals surface area contributed by atoms with Gasteiger partial charge in [-0.25, -0.2) is 9.69 Å². The number of carbonyl (C=O) groups excluding carboxylic acids is 2. The summed E-state index contributed by atoms with van der Waals surface area (Å²) in [6.07, 6.45) is 2.78. The molecule has 0 bridgehead atoms. The Balaban J connectivity index is 2.20. The number of hydrogen-bond donors (Lipinski definition) is 0. The van der Waals surface area contributed by atoms with E-state index >= 15 is 0 Å². The summed E-state index contributed by atoms with van der Waals surface area (Å²) in [4.78, 5) is 26.3. The highest BCUT2D eigenvalue weighted by atomic mass is 32.2. The number of ether oxygens (including phenoxy) is 1. The van der Waals surface area contributed by atoms with E-state index in [0.29, 0.717) is 6.61 Å². The van der Waals surface area contributed by atoms with Crippen LogP contribution in [0.4, 0.5) is 4.79 Å². The van der Waals surface area contributed by atoms with Gasteiger partial charge in [0.05, 0.1) is 12.0 Å². The third-order valence-electron chi connectivity index (χ3n) is 4.01. The maximum absolute atomic E-state index is 12.9. The predicted molar refractivity (Wildman–Crippen MR) is 92.8 cm³/mol. The second-order valence-corrected chi connectivity index (χ2v) is 8.93. The first-order chi connectivity index (χ1) is 10.4. The molecule has 0 aromatic heterocycles. The van der Waals surface area contributed by atoms with Gasteiger partial charge in [0.1, 0.15) is 6.61 Å². The van der Waals surface area contributed by atoms with E-state index in [2.05, 4.69) is 6.08 Å². The fraction of sp³-hybridized carbons (Fsp3) is 0.750. The normalized spacial score (nSPS) is 23.9. The second kappa shape index (κ2) is 7.77. The van der Waals surface area contributed by atoms with Gasteiger partial charge in [-0.3, -0.25) is 4.79 Å². The molecule has 2 aliphatic heterocycles. The molecule has 0 N–H and O–H groups in total. The van der Waals surface area contributed by atoms with Gasteiger partial charge < -0.3 is 4.74 Å². The first kappa shape index (κ1) is 17.7. The Hall–Kier alpha value is -0.620. The third-order valence-corrected chi connectivity index (χ3v) is 6.54. The van der Waals surface area contributed by atoms with E-state index in [1.807, 2.05) is 51.2 Å². The largest absolute Gasteiger partial charge is 0.447 e. The summed E-state index contributed by atoms with van der Waals surface area (Å²) in [6.45, 7) is 8.41. The molecule has 2 amide bonds.